The number of carbonyl (C=O) groups is 2. The predicted octanol–water partition coefficient (Wildman–Crippen LogP) is 11.6. The van der Waals surface area contributed by atoms with Crippen molar-refractivity contribution in [2.75, 3.05) is 21.7 Å². The predicted molar refractivity (Wildman–Crippen MR) is 260 cm³/mol. The molecule has 0 aliphatic rings. The molecule has 0 amide bonds. The molecule has 0 fully saturated rings. The van der Waals surface area contributed by atoms with Gasteiger partial charge in [0.2, 0.25) is 0 Å². The molecule has 6 aromatic carbocycles. The van der Waals surface area contributed by atoms with Gasteiger partial charge >= 0.3 is 11.9 Å². The smallest absolute Gasteiger partial charge is 0.335 e. The number of benzene rings is 6. The number of hydrogen-bond donors (Lipinski definition) is 2. The van der Waals surface area contributed by atoms with Crippen LogP contribution in [0.5, 0.6) is 0 Å². The summed E-state index contributed by atoms with van der Waals surface area (Å²) in [5, 5.41) is 18.2. The number of aryl methyl sites for hydroxylation is 4. The molecule has 0 unspecified atom stereocenters. The normalized spacial score (nSPS) is 11.4. The molecule has 0 saturated heterocycles. The molecule has 0 aliphatic heterocycles. The van der Waals surface area contributed by atoms with E-state index in [1.807, 2.05) is 67.6 Å². The lowest BCUT2D eigenvalue weighted by molar-refractivity contribution is 0.0686. The van der Waals surface area contributed by atoms with Gasteiger partial charge in [-0.1, -0.05) is 119 Å². The van der Waals surface area contributed by atoms with Crippen LogP contribution in [0.4, 0.5) is 15.8 Å². The van der Waals surface area contributed by atoms with Gasteiger partial charge in [-0.3, -0.25) is 8.61 Å². The number of carboxylic acid groups (broad SMARTS) is 2. The average molecular weight is 935 g/mol. The fourth-order valence-electron chi connectivity index (χ4n) is 7.37. The maximum atomic E-state index is 13.8. The van der Waals surface area contributed by atoms with Crippen molar-refractivity contribution in [3.05, 3.63) is 190 Å². The summed E-state index contributed by atoms with van der Waals surface area (Å²) in [6, 6.07) is 40.7. The molecule has 0 radical (unpaired) electrons. The van der Waals surface area contributed by atoms with Gasteiger partial charge in [0.1, 0.15) is 5.82 Å². The van der Waals surface area contributed by atoms with Crippen LogP contribution < -0.4 is 8.61 Å². The molecule has 0 spiro atoms. The van der Waals surface area contributed by atoms with Crippen molar-refractivity contribution in [2.45, 2.75) is 94.8 Å². The van der Waals surface area contributed by atoms with Crippen LogP contribution in [0, 0.1) is 5.82 Å². The van der Waals surface area contributed by atoms with E-state index in [-0.39, 0.29) is 16.0 Å². The highest BCUT2D eigenvalue weighted by atomic mass is 32.2. The minimum absolute atomic E-state index is 0.0762. The third kappa shape index (κ3) is 13.4. The second-order valence-corrected chi connectivity index (χ2v) is 20.0. The van der Waals surface area contributed by atoms with Gasteiger partial charge < -0.3 is 10.2 Å². The number of carboxylic acids is 2. The monoisotopic (exact) mass is 934 g/mol. The van der Waals surface area contributed by atoms with Gasteiger partial charge in [0.25, 0.3) is 20.0 Å². The molecule has 0 aliphatic carbocycles. The summed E-state index contributed by atoms with van der Waals surface area (Å²) in [4.78, 5) is 22.4. The number of nitrogens with zero attached hydrogens (tertiary/aromatic N) is 2. The van der Waals surface area contributed by atoms with Crippen molar-refractivity contribution < 1.29 is 41.0 Å². The maximum absolute atomic E-state index is 13.8. The Labute approximate surface area is 389 Å². The number of rotatable bonds is 21. The van der Waals surface area contributed by atoms with E-state index < -0.39 is 37.8 Å². The number of anilines is 2. The quantitative estimate of drug-likeness (QED) is 0.0724. The fourth-order valence-corrected chi connectivity index (χ4v) is 10.5. The van der Waals surface area contributed by atoms with E-state index >= 15 is 0 Å². The van der Waals surface area contributed by atoms with Crippen LogP contribution in [0.25, 0.3) is 0 Å². The largest absolute Gasteiger partial charge is 0.478 e. The van der Waals surface area contributed by atoms with Crippen molar-refractivity contribution >= 4 is 43.4 Å². The van der Waals surface area contributed by atoms with E-state index in [0.29, 0.717) is 67.4 Å². The lowest BCUT2D eigenvalue weighted by Gasteiger charge is -2.27. The molecule has 0 saturated carbocycles. The summed E-state index contributed by atoms with van der Waals surface area (Å²) in [6.45, 7) is 8.91. The molecule has 0 bridgehead atoms. The molecular formula is C53H59FN2O8S2. The van der Waals surface area contributed by atoms with E-state index in [4.69, 9.17) is 10.2 Å². The second kappa shape index (κ2) is 23.7. The molecule has 6 rings (SSSR count). The van der Waals surface area contributed by atoms with E-state index in [0.717, 1.165) is 53.1 Å². The highest BCUT2D eigenvalue weighted by Crippen LogP contribution is 2.31. The summed E-state index contributed by atoms with van der Waals surface area (Å²) in [5.41, 5.74) is 6.62. The Morgan fingerprint density at radius 1 is 0.530 bits per heavy atom. The van der Waals surface area contributed by atoms with Crippen LogP contribution in [-0.2, 0) is 45.7 Å². The summed E-state index contributed by atoms with van der Waals surface area (Å²) >= 11 is 0. The van der Waals surface area contributed by atoms with Gasteiger partial charge in [0, 0.05) is 13.1 Å². The highest BCUT2D eigenvalue weighted by molar-refractivity contribution is 7.93. The van der Waals surface area contributed by atoms with Gasteiger partial charge in [-0.25, -0.2) is 30.8 Å². The van der Waals surface area contributed by atoms with Crippen LogP contribution in [0.3, 0.4) is 0 Å². The number of para-hydroxylation sites is 2. The molecule has 0 aromatic heterocycles. The first kappa shape index (κ1) is 50.7. The lowest BCUT2D eigenvalue weighted by Crippen LogP contribution is -2.33. The fraction of sp³-hybridized carbons (Fsp3) is 0.283. The van der Waals surface area contributed by atoms with E-state index in [1.165, 1.54) is 22.5 Å². The van der Waals surface area contributed by atoms with Crippen LogP contribution in [-0.4, -0.2) is 52.1 Å². The zero-order valence-electron chi connectivity index (χ0n) is 37.9. The van der Waals surface area contributed by atoms with Crippen molar-refractivity contribution in [1.82, 2.24) is 0 Å². The van der Waals surface area contributed by atoms with Gasteiger partial charge in [-0.05, 0) is 139 Å². The number of halogens is 1. The number of unbranched alkanes of at least 4 members (excludes halogenated alkanes) is 2. The molecule has 348 valence electrons. The summed E-state index contributed by atoms with van der Waals surface area (Å²) in [6.07, 6.45) is 5.65. The van der Waals surface area contributed by atoms with Crippen molar-refractivity contribution in [3.63, 3.8) is 0 Å². The summed E-state index contributed by atoms with van der Waals surface area (Å²) < 4.78 is 71.0. The first-order valence-electron chi connectivity index (χ1n) is 22.3. The van der Waals surface area contributed by atoms with Crippen molar-refractivity contribution in [1.29, 1.82) is 0 Å². The zero-order valence-corrected chi connectivity index (χ0v) is 39.6. The third-order valence-corrected chi connectivity index (χ3v) is 14.9. The summed E-state index contributed by atoms with van der Waals surface area (Å²) in [7, 11) is -7.66. The Morgan fingerprint density at radius 3 is 1.35 bits per heavy atom. The first-order valence-corrected chi connectivity index (χ1v) is 25.2. The summed E-state index contributed by atoms with van der Waals surface area (Å²) in [5.74, 6) is -2.19. The first-order chi connectivity index (χ1) is 31.6. The molecule has 0 heterocycles. The molecule has 66 heavy (non-hydrogen) atoms. The zero-order chi connectivity index (χ0) is 47.9. The Morgan fingerprint density at radius 2 is 0.955 bits per heavy atom. The lowest BCUT2D eigenvalue weighted by atomic mass is 10.0. The molecule has 13 heteroatoms. The van der Waals surface area contributed by atoms with E-state index in [1.54, 1.807) is 65.0 Å². The van der Waals surface area contributed by atoms with Gasteiger partial charge in [0.05, 0.1) is 32.3 Å². The Hall–Kier alpha value is -6.31. The second-order valence-electron chi connectivity index (χ2n) is 16.3. The Balaban J connectivity index is 0.000000248. The standard InChI is InChI=1S/C28H33NO4S.C25H26FNO4S/c1-4-5-20-29(34(32,33)26-18-16-23(17-19-26)21(2)3)27-9-7-6-8-24(27)13-10-22-11-14-25(15-12-22)28(30)31;1-2-3-17-27(32(30,31)23-9-6-8-22(26)18-23)24-10-5-4-7-20(24)14-11-19-12-15-21(16-13-19)25(28)29/h6-9,11-12,14-19,21H,4-5,10,13,20H2,1-3H3,(H,30,31);4-10,12-13,15-16,18H,2-3,11,14,17H2,1H3,(H,28,29). The van der Waals surface area contributed by atoms with Crippen molar-refractivity contribution in [2.24, 2.45) is 0 Å². The van der Waals surface area contributed by atoms with Crippen LogP contribution >= 0.6 is 0 Å². The minimum atomic E-state index is -3.94. The average Bonchev–Trinajstić information content (AvgIpc) is 3.31. The Bertz CT molecular complexity index is 2760. The van der Waals surface area contributed by atoms with Gasteiger partial charge in [-0.15, -0.1) is 0 Å². The highest BCUT2D eigenvalue weighted by Gasteiger charge is 2.28. The number of sulfonamides is 2. The van der Waals surface area contributed by atoms with Gasteiger partial charge in [-0.2, -0.15) is 0 Å². The topological polar surface area (TPSA) is 149 Å². The molecule has 6 aromatic rings. The number of aromatic carboxylic acids is 2. The SMILES string of the molecule is CCCCN(c1ccccc1CCc1ccc(C(=O)O)cc1)S(=O)(=O)c1ccc(C(C)C)cc1.CCCCN(c1ccccc1CCc1ccc(C(=O)O)cc1)S(=O)(=O)c1cccc(F)c1. The third-order valence-electron chi connectivity index (χ3n) is 11.2. The van der Waals surface area contributed by atoms with Crippen LogP contribution in [0.2, 0.25) is 0 Å². The molecule has 0 atom stereocenters. The van der Waals surface area contributed by atoms with E-state index in [2.05, 4.69) is 20.8 Å². The minimum Gasteiger partial charge on any atom is -0.478 e. The van der Waals surface area contributed by atoms with E-state index in [9.17, 15) is 30.8 Å². The molecule has 2 N–H and O–H groups in total. The van der Waals surface area contributed by atoms with Gasteiger partial charge in [0.15, 0.2) is 0 Å². The molecular weight excluding hydrogens is 876 g/mol. The Kier molecular flexibility index (Phi) is 18.2. The maximum Gasteiger partial charge on any atom is 0.335 e. The number of hydrogen-bond acceptors (Lipinski definition) is 6. The molecule has 10 nitrogen and oxygen atoms in total. The van der Waals surface area contributed by atoms with Crippen LogP contribution in [0.1, 0.15) is 108 Å². The van der Waals surface area contributed by atoms with Crippen molar-refractivity contribution in [3.8, 4) is 0 Å². The van der Waals surface area contributed by atoms with Crippen LogP contribution in [0.15, 0.2) is 155 Å².